The summed E-state index contributed by atoms with van der Waals surface area (Å²) in [5.41, 5.74) is 0. The lowest BCUT2D eigenvalue weighted by atomic mass is 10.2. The number of thioether (sulfide) groups is 1. The normalized spacial score (nSPS) is 19.2. The van der Waals surface area contributed by atoms with Gasteiger partial charge in [-0.25, -0.2) is 4.98 Å². The average Bonchev–Trinajstić information content (AvgIpc) is 2.53. The molecule has 0 unspecified atom stereocenters. The van der Waals surface area contributed by atoms with Crippen LogP contribution in [0.5, 0.6) is 0 Å². The molecule has 13 heavy (non-hydrogen) atoms. The number of ether oxygens (including phenoxy) is 1. The van der Waals surface area contributed by atoms with Gasteiger partial charge in [-0.1, -0.05) is 11.8 Å². The van der Waals surface area contributed by atoms with Gasteiger partial charge in [0.1, 0.15) is 4.60 Å². The molecule has 2 rings (SSSR count). The highest BCUT2D eigenvalue weighted by Gasteiger charge is 2.16. The van der Waals surface area contributed by atoms with E-state index in [2.05, 4.69) is 20.9 Å². The molecule has 0 bridgehead atoms. The van der Waals surface area contributed by atoms with Gasteiger partial charge in [-0.15, -0.1) is 11.3 Å². The molecule has 0 aliphatic carbocycles. The van der Waals surface area contributed by atoms with E-state index in [4.69, 9.17) is 4.74 Å². The van der Waals surface area contributed by atoms with Gasteiger partial charge in [0.15, 0.2) is 4.34 Å². The molecule has 1 saturated heterocycles. The van der Waals surface area contributed by atoms with Crippen LogP contribution in [-0.4, -0.2) is 23.4 Å². The smallest absolute Gasteiger partial charge is 0.151 e. The Labute approximate surface area is 94.2 Å². The van der Waals surface area contributed by atoms with E-state index in [1.165, 1.54) is 4.34 Å². The van der Waals surface area contributed by atoms with Crippen LogP contribution in [0.15, 0.2) is 14.3 Å². The van der Waals surface area contributed by atoms with Crippen molar-refractivity contribution >= 4 is 39.0 Å². The van der Waals surface area contributed by atoms with Gasteiger partial charge in [0.25, 0.3) is 0 Å². The third kappa shape index (κ3) is 2.94. The quantitative estimate of drug-likeness (QED) is 0.830. The molecular weight excluding hydrogens is 270 g/mol. The van der Waals surface area contributed by atoms with Crippen molar-refractivity contribution in [1.29, 1.82) is 0 Å². The van der Waals surface area contributed by atoms with E-state index >= 15 is 0 Å². The summed E-state index contributed by atoms with van der Waals surface area (Å²) < 4.78 is 7.42. The minimum absolute atomic E-state index is 0.701. The minimum atomic E-state index is 0.701. The van der Waals surface area contributed by atoms with Crippen LogP contribution in [0.2, 0.25) is 0 Å². The molecule has 72 valence electrons. The highest BCUT2D eigenvalue weighted by atomic mass is 79.9. The first-order valence-corrected chi connectivity index (χ1v) is 6.75. The first-order chi connectivity index (χ1) is 6.34. The van der Waals surface area contributed by atoms with E-state index in [1.54, 1.807) is 11.3 Å². The molecule has 2 nitrogen and oxygen atoms in total. The standard InChI is InChI=1S/C8H10BrNOS2/c9-7-5-12-8(10-7)13-6-1-3-11-4-2-6/h5-6H,1-4H2. The Bertz CT molecular complexity index is 273. The highest BCUT2D eigenvalue weighted by molar-refractivity contribution is 9.10. The zero-order valence-corrected chi connectivity index (χ0v) is 10.3. The summed E-state index contributed by atoms with van der Waals surface area (Å²) in [6.07, 6.45) is 2.31. The number of rotatable bonds is 2. The molecule has 5 heteroatoms. The maximum absolute atomic E-state index is 5.30. The van der Waals surface area contributed by atoms with Crippen molar-refractivity contribution in [1.82, 2.24) is 4.98 Å². The third-order valence-electron chi connectivity index (χ3n) is 1.89. The van der Waals surface area contributed by atoms with Gasteiger partial charge in [0.2, 0.25) is 0 Å². The van der Waals surface area contributed by atoms with Gasteiger partial charge in [0, 0.05) is 23.8 Å². The Morgan fingerprint density at radius 3 is 2.92 bits per heavy atom. The number of thiazole rings is 1. The van der Waals surface area contributed by atoms with Gasteiger partial charge in [-0.3, -0.25) is 0 Å². The van der Waals surface area contributed by atoms with Crippen molar-refractivity contribution in [3.8, 4) is 0 Å². The van der Waals surface area contributed by atoms with Crippen molar-refractivity contribution in [3.05, 3.63) is 9.98 Å². The molecule has 0 amide bonds. The molecule has 1 fully saturated rings. The summed E-state index contributed by atoms with van der Waals surface area (Å²) in [5.74, 6) is 0. The summed E-state index contributed by atoms with van der Waals surface area (Å²) in [5, 5.41) is 2.73. The van der Waals surface area contributed by atoms with Crippen LogP contribution >= 0.6 is 39.0 Å². The average molecular weight is 280 g/mol. The van der Waals surface area contributed by atoms with E-state index < -0.39 is 0 Å². The summed E-state index contributed by atoms with van der Waals surface area (Å²) in [6, 6.07) is 0. The first-order valence-electron chi connectivity index (χ1n) is 4.20. The van der Waals surface area contributed by atoms with Gasteiger partial charge >= 0.3 is 0 Å². The molecule has 0 spiro atoms. The Hall–Kier alpha value is 0.420. The van der Waals surface area contributed by atoms with Crippen molar-refractivity contribution in [3.63, 3.8) is 0 Å². The van der Waals surface area contributed by atoms with Crippen LogP contribution in [0.3, 0.4) is 0 Å². The van der Waals surface area contributed by atoms with Crippen molar-refractivity contribution < 1.29 is 4.74 Å². The largest absolute Gasteiger partial charge is 0.381 e. The van der Waals surface area contributed by atoms with Crippen LogP contribution in [-0.2, 0) is 4.74 Å². The van der Waals surface area contributed by atoms with E-state index in [1.807, 2.05) is 17.1 Å². The van der Waals surface area contributed by atoms with E-state index in [0.29, 0.717) is 5.25 Å². The third-order valence-corrected chi connectivity index (χ3v) is 4.91. The Morgan fingerprint density at radius 2 is 2.31 bits per heavy atom. The van der Waals surface area contributed by atoms with Crippen molar-refractivity contribution in [2.75, 3.05) is 13.2 Å². The molecule has 0 N–H and O–H groups in total. The topological polar surface area (TPSA) is 22.1 Å². The Kier molecular flexibility index (Phi) is 3.66. The first kappa shape index (κ1) is 9.96. The van der Waals surface area contributed by atoms with Crippen LogP contribution in [0, 0.1) is 0 Å². The maximum Gasteiger partial charge on any atom is 0.151 e. The maximum atomic E-state index is 5.30. The lowest BCUT2D eigenvalue weighted by Gasteiger charge is -2.19. The van der Waals surface area contributed by atoms with Crippen LogP contribution in [0.1, 0.15) is 12.8 Å². The predicted molar refractivity (Wildman–Crippen MR) is 59.5 cm³/mol. The Balaban J connectivity index is 1.89. The van der Waals surface area contributed by atoms with Crippen LogP contribution in [0.25, 0.3) is 0 Å². The van der Waals surface area contributed by atoms with Crippen molar-refractivity contribution in [2.45, 2.75) is 22.4 Å². The number of hydrogen-bond donors (Lipinski definition) is 0. The predicted octanol–water partition coefficient (Wildman–Crippen LogP) is 3.18. The Morgan fingerprint density at radius 1 is 1.54 bits per heavy atom. The van der Waals surface area contributed by atoms with Crippen LogP contribution in [0.4, 0.5) is 0 Å². The summed E-state index contributed by atoms with van der Waals surface area (Å²) >= 11 is 6.95. The molecule has 0 radical (unpaired) electrons. The second-order valence-electron chi connectivity index (χ2n) is 2.87. The molecule has 2 heterocycles. The lowest BCUT2D eigenvalue weighted by Crippen LogP contribution is -2.17. The van der Waals surface area contributed by atoms with Crippen molar-refractivity contribution in [2.24, 2.45) is 0 Å². The fourth-order valence-electron chi connectivity index (χ4n) is 1.23. The van der Waals surface area contributed by atoms with Crippen LogP contribution < -0.4 is 0 Å². The monoisotopic (exact) mass is 279 g/mol. The zero-order chi connectivity index (χ0) is 9.10. The molecular formula is C8H10BrNOS2. The second-order valence-corrected chi connectivity index (χ2v) is 6.08. The number of nitrogens with zero attached hydrogens (tertiary/aromatic N) is 1. The minimum Gasteiger partial charge on any atom is -0.381 e. The van der Waals surface area contributed by atoms with Gasteiger partial charge < -0.3 is 4.74 Å². The molecule has 1 aromatic heterocycles. The molecule has 1 aromatic rings. The van der Waals surface area contributed by atoms with E-state index in [9.17, 15) is 0 Å². The molecule has 1 aliphatic rings. The second kappa shape index (κ2) is 4.77. The number of halogens is 1. The van der Waals surface area contributed by atoms with Gasteiger partial charge in [0.05, 0.1) is 0 Å². The number of aromatic nitrogens is 1. The van der Waals surface area contributed by atoms with E-state index in [-0.39, 0.29) is 0 Å². The number of hydrogen-bond acceptors (Lipinski definition) is 4. The molecule has 0 saturated carbocycles. The fourth-order valence-corrected chi connectivity index (χ4v) is 3.96. The van der Waals surface area contributed by atoms with Gasteiger partial charge in [-0.05, 0) is 28.8 Å². The fraction of sp³-hybridized carbons (Fsp3) is 0.625. The van der Waals surface area contributed by atoms with E-state index in [0.717, 1.165) is 30.7 Å². The molecule has 1 aliphatic heterocycles. The lowest BCUT2D eigenvalue weighted by molar-refractivity contribution is 0.100. The molecule has 0 atom stereocenters. The molecule has 0 aromatic carbocycles. The summed E-state index contributed by atoms with van der Waals surface area (Å²) in [7, 11) is 0. The zero-order valence-electron chi connectivity index (χ0n) is 7.03. The summed E-state index contributed by atoms with van der Waals surface area (Å²) in [6.45, 7) is 1.81. The van der Waals surface area contributed by atoms with Gasteiger partial charge in [-0.2, -0.15) is 0 Å². The highest BCUT2D eigenvalue weighted by Crippen LogP contribution is 2.32. The summed E-state index contributed by atoms with van der Waals surface area (Å²) in [4.78, 5) is 4.36. The SMILES string of the molecule is Brc1csc(SC2CCOCC2)n1.